The second-order valence-electron chi connectivity index (χ2n) is 9.07. The van der Waals surface area contributed by atoms with Gasteiger partial charge in [0.1, 0.15) is 0 Å². The zero-order valence-electron chi connectivity index (χ0n) is 19.5. The summed E-state index contributed by atoms with van der Waals surface area (Å²) in [5.74, 6) is 0. The van der Waals surface area contributed by atoms with Gasteiger partial charge < -0.3 is 4.90 Å². The monoisotopic (exact) mass is 496 g/mol. The maximum absolute atomic E-state index is 12.3. The third-order valence-corrected chi connectivity index (χ3v) is 8.78. The molecule has 6 nitrogen and oxygen atoms in total. The van der Waals surface area contributed by atoms with Crippen LogP contribution >= 0.6 is 22.7 Å². The molecule has 180 valence electrons. The Hall–Kier alpha value is -2.26. The molecule has 0 N–H and O–H groups in total. The molecule has 3 heterocycles. The molecular weight excluding hydrogens is 464 g/mol. The molecule has 0 radical (unpaired) electrons. The van der Waals surface area contributed by atoms with Crippen LogP contribution < -0.4 is 9.75 Å². The number of benzene rings is 2. The van der Waals surface area contributed by atoms with Gasteiger partial charge in [0.2, 0.25) is 0 Å². The third-order valence-electron chi connectivity index (χ3n) is 6.86. The van der Waals surface area contributed by atoms with E-state index in [-0.39, 0.29) is 9.75 Å². The van der Waals surface area contributed by atoms with Gasteiger partial charge in [0, 0.05) is 45.8 Å². The number of hydrogen-bond donors (Lipinski definition) is 0. The van der Waals surface area contributed by atoms with Crippen molar-refractivity contribution >= 4 is 43.1 Å². The lowest BCUT2D eigenvalue weighted by atomic mass is 10.1. The smallest absolute Gasteiger partial charge is 0.301 e. The first-order chi connectivity index (χ1) is 16.7. The van der Waals surface area contributed by atoms with E-state index in [1.54, 1.807) is 0 Å². The first kappa shape index (κ1) is 23.5. The van der Waals surface area contributed by atoms with Gasteiger partial charge in [-0.05, 0) is 43.7 Å². The summed E-state index contributed by atoms with van der Waals surface area (Å²) in [5, 5.41) is 0. The van der Waals surface area contributed by atoms with Crippen molar-refractivity contribution in [3.8, 4) is 0 Å². The first-order valence-electron chi connectivity index (χ1n) is 12.3. The minimum atomic E-state index is 0.150. The van der Waals surface area contributed by atoms with E-state index in [1.807, 2.05) is 57.7 Å². The molecule has 0 unspecified atom stereocenters. The molecule has 0 amide bonds. The predicted octanol–water partition coefficient (Wildman–Crippen LogP) is 4.32. The van der Waals surface area contributed by atoms with E-state index in [1.165, 1.54) is 41.9 Å². The summed E-state index contributed by atoms with van der Waals surface area (Å²) in [6.07, 6.45) is 4.66. The van der Waals surface area contributed by atoms with Gasteiger partial charge >= 0.3 is 9.75 Å². The summed E-state index contributed by atoms with van der Waals surface area (Å²) in [7, 11) is 0. The average Bonchev–Trinajstić information content (AvgIpc) is 3.35. The van der Waals surface area contributed by atoms with Gasteiger partial charge in [0.05, 0.1) is 20.4 Å². The molecule has 1 fully saturated rings. The molecule has 1 aliphatic rings. The first-order valence-corrected chi connectivity index (χ1v) is 13.9. The Balaban J connectivity index is 0.984. The van der Waals surface area contributed by atoms with Crippen molar-refractivity contribution < 1.29 is 0 Å². The molecule has 0 saturated carbocycles. The highest BCUT2D eigenvalue weighted by Crippen LogP contribution is 2.18. The van der Waals surface area contributed by atoms with Crippen LogP contribution in [0.2, 0.25) is 0 Å². The fraction of sp³-hybridized carbons (Fsp3) is 0.462. The Labute approximate surface area is 207 Å². The molecule has 4 aromatic rings. The normalized spacial score (nSPS) is 15.5. The van der Waals surface area contributed by atoms with Gasteiger partial charge in [-0.2, -0.15) is 0 Å². The SMILES string of the molecule is O=c1sc2ccccc2n1CCCCCCN1CCN(CCn2c(=O)sc3ccccc32)CC1. The van der Waals surface area contributed by atoms with Crippen molar-refractivity contribution in [2.75, 3.05) is 39.3 Å². The average molecular weight is 497 g/mol. The lowest BCUT2D eigenvalue weighted by Crippen LogP contribution is -2.47. The minimum Gasteiger partial charge on any atom is -0.301 e. The van der Waals surface area contributed by atoms with E-state index >= 15 is 0 Å². The standard InChI is InChI=1S/C26H32N4O2S2/c31-25-29(21-9-3-5-11-23(21)33-25)14-8-2-1-7-13-27-15-17-28(18-16-27)19-20-30-22-10-4-6-12-24(22)34-26(30)32/h3-6,9-12H,1-2,7-8,13-20H2. The molecule has 0 bridgehead atoms. The lowest BCUT2D eigenvalue weighted by molar-refractivity contribution is 0.127. The van der Waals surface area contributed by atoms with Crippen LogP contribution in [0, 0.1) is 0 Å². The predicted molar refractivity (Wildman–Crippen MR) is 144 cm³/mol. The van der Waals surface area contributed by atoms with Crippen LogP contribution in [-0.4, -0.2) is 58.2 Å². The number of piperazine rings is 1. The van der Waals surface area contributed by atoms with E-state index < -0.39 is 0 Å². The van der Waals surface area contributed by atoms with E-state index in [0.717, 1.165) is 79.2 Å². The molecule has 1 aliphatic heterocycles. The molecule has 1 saturated heterocycles. The Morgan fingerprint density at radius 2 is 1.03 bits per heavy atom. The number of hydrogen-bond acceptors (Lipinski definition) is 6. The van der Waals surface area contributed by atoms with Crippen LogP contribution in [0.1, 0.15) is 25.7 Å². The molecule has 5 rings (SSSR count). The van der Waals surface area contributed by atoms with Crippen LogP contribution in [0.25, 0.3) is 20.4 Å². The van der Waals surface area contributed by atoms with Gasteiger partial charge in [-0.15, -0.1) is 0 Å². The topological polar surface area (TPSA) is 50.5 Å². The fourth-order valence-electron chi connectivity index (χ4n) is 4.89. The maximum atomic E-state index is 12.3. The quantitative estimate of drug-likeness (QED) is 0.307. The Bertz CT molecular complexity index is 1340. The number of para-hydroxylation sites is 2. The van der Waals surface area contributed by atoms with Crippen LogP contribution in [0.3, 0.4) is 0 Å². The van der Waals surface area contributed by atoms with E-state index in [9.17, 15) is 9.59 Å². The molecule has 2 aromatic heterocycles. The second-order valence-corrected chi connectivity index (χ2v) is 11.1. The summed E-state index contributed by atoms with van der Waals surface area (Å²) in [6, 6.07) is 16.2. The Kier molecular flexibility index (Phi) is 7.59. The number of aromatic nitrogens is 2. The van der Waals surface area contributed by atoms with Crippen LogP contribution in [-0.2, 0) is 13.1 Å². The number of fused-ring (bicyclic) bond motifs is 2. The lowest BCUT2D eigenvalue weighted by Gasteiger charge is -2.34. The minimum absolute atomic E-state index is 0.150. The van der Waals surface area contributed by atoms with E-state index in [2.05, 4.69) is 9.80 Å². The van der Waals surface area contributed by atoms with Crippen LogP contribution in [0.4, 0.5) is 0 Å². The largest absolute Gasteiger partial charge is 0.308 e. The molecule has 34 heavy (non-hydrogen) atoms. The van der Waals surface area contributed by atoms with Gasteiger partial charge in [0.25, 0.3) is 0 Å². The van der Waals surface area contributed by atoms with Crippen LogP contribution in [0.5, 0.6) is 0 Å². The summed E-state index contributed by atoms with van der Waals surface area (Å²) < 4.78 is 6.03. The molecule has 8 heteroatoms. The Morgan fingerprint density at radius 3 is 1.62 bits per heavy atom. The zero-order chi connectivity index (χ0) is 23.3. The molecular formula is C26H32N4O2S2. The van der Waals surface area contributed by atoms with Crippen molar-refractivity contribution in [3.63, 3.8) is 0 Å². The van der Waals surface area contributed by atoms with Crippen molar-refractivity contribution in [3.05, 3.63) is 67.9 Å². The number of nitrogens with zero attached hydrogens (tertiary/aromatic N) is 4. The van der Waals surface area contributed by atoms with Crippen molar-refractivity contribution in [2.24, 2.45) is 0 Å². The maximum Gasteiger partial charge on any atom is 0.308 e. The number of rotatable bonds is 10. The van der Waals surface area contributed by atoms with Crippen molar-refractivity contribution in [1.29, 1.82) is 0 Å². The molecule has 2 aromatic carbocycles. The number of aryl methyl sites for hydroxylation is 1. The van der Waals surface area contributed by atoms with E-state index in [0.29, 0.717) is 0 Å². The number of thiazole rings is 2. The summed E-state index contributed by atoms with van der Waals surface area (Å²) in [6.45, 7) is 8.05. The van der Waals surface area contributed by atoms with Gasteiger partial charge in [-0.25, -0.2) is 0 Å². The summed E-state index contributed by atoms with van der Waals surface area (Å²) in [4.78, 5) is 29.9. The Morgan fingerprint density at radius 1 is 0.559 bits per heavy atom. The highest BCUT2D eigenvalue weighted by atomic mass is 32.1. The highest BCUT2D eigenvalue weighted by Gasteiger charge is 2.17. The molecule has 0 aliphatic carbocycles. The zero-order valence-corrected chi connectivity index (χ0v) is 21.2. The third kappa shape index (κ3) is 5.35. The van der Waals surface area contributed by atoms with Gasteiger partial charge in [0.15, 0.2) is 0 Å². The molecule has 0 spiro atoms. The second kappa shape index (κ2) is 11.0. The fourth-order valence-corrected chi connectivity index (χ4v) is 6.72. The summed E-state index contributed by atoms with van der Waals surface area (Å²) in [5.41, 5.74) is 2.14. The van der Waals surface area contributed by atoms with Crippen LogP contribution in [0.15, 0.2) is 58.1 Å². The van der Waals surface area contributed by atoms with Gasteiger partial charge in [-0.3, -0.25) is 23.6 Å². The van der Waals surface area contributed by atoms with Crippen molar-refractivity contribution in [2.45, 2.75) is 38.8 Å². The molecule has 0 atom stereocenters. The summed E-state index contributed by atoms with van der Waals surface area (Å²) >= 11 is 2.69. The number of unbranched alkanes of at least 4 members (excludes halogenated alkanes) is 3. The highest BCUT2D eigenvalue weighted by molar-refractivity contribution is 7.16. The van der Waals surface area contributed by atoms with Gasteiger partial charge in [-0.1, -0.05) is 59.8 Å². The van der Waals surface area contributed by atoms with Crippen molar-refractivity contribution in [1.82, 2.24) is 18.9 Å². The van der Waals surface area contributed by atoms with E-state index in [4.69, 9.17) is 0 Å².